The van der Waals surface area contributed by atoms with E-state index in [1.54, 1.807) is 10.7 Å². The van der Waals surface area contributed by atoms with E-state index in [-0.39, 0.29) is 5.69 Å². The number of aromatic nitrogens is 2. The van der Waals surface area contributed by atoms with Crippen LogP contribution >= 0.6 is 0 Å². The predicted molar refractivity (Wildman–Crippen MR) is 80.1 cm³/mol. The summed E-state index contributed by atoms with van der Waals surface area (Å²) in [6.07, 6.45) is 0.928. The van der Waals surface area contributed by atoms with Crippen LogP contribution in [0, 0.1) is 13.8 Å². The first-order valence-electron chi connectivity index (χ1n) is 7.11. The third kappa shape index (κ3) is 2.47. The van der Waals surface area contributed by atoms with E-state index in [1.165, 1.54) is 0 Å². The Bertz CT molecular complexity index is 742. The molecule has 0 bridgehead atoms. The van der Waals surface area contributed by atoms with Crippen LogP contribution in [0.1, 0.15) is 34.6 Å². The van der Waals surface area contributed by atoms with Gasteiger partial charge in [-0.25, -0.2) is 9.48 Å². The molecule has 1 aromatic heterocycles. The summed E-state index contributed by atoms with van der Waals surface area (Å²) in [5.41, 5.74) is 1.95. The molecule has 0 spiro atoms. The second kappa shape index (κ2) is 4.98. The van der Waals surface area contributed by atoms with Gasteiger partial charge in [0.15, 0.2) is 5.69 Å². The minimum atomic E-state index is -1.10. The average Bonchev–Trinajstić information content (AvgIpc) is 3.15. The van der Waals surface area contributed by atoms with Gasteiger partial charge in [-0.3, -0.25) is 4.79 Å². The lowest BCUT2D eigenvalue weighted by molar-refractivity contribution is -0.140. The summed E-state index contributed by atoms with van der Waals surface area (Å²) in [6, 6.07) is 9.46. The van der Waals surface area contributed by atoms with Crippen molar-refractivity contribution < 1.29 is 14.7 Å². The fourth-order valence-corrected chi connectivity index (χ4v) is 2.33. The molecule has 3 rings (SSSR count). The molecule has 0 aliphatic heterocycles. The number of benzene rings is 1. The molecule has 6 heteroatoms. The third-order valence-electron chi connectivity index (χ3n) is 3.91. The number of carbonyl (C=O) groups is 2. The average molecular weight is 299 g/mol. The summed E-state index contributed by atoms with van der Waals surface area (Å²) in [6.45, 7) is 3.85. The molecular weight excluding hydrogens is 282 g/mol. The zero-order chi connectivity index (χ0) is 15.9. The molecule has 2 N–H and O–H groups in total. The van der Waals surface area contributed by atoms with Crippen LogP contribution in [-0.2, 0) is 4.79 Å². The van der Waals surface area contributed by atoms with Crippen LogP contribution in [0.3, 0.4) is 0 Å². The molecular formula is C16H17N3O3. The number of aliphatic carboxylic acids is 1. The predicted octanol–water partition coefficient (Wildman–Crippen LogP) is 1.84. The van der Waals surface area contributed by atoms with Crippen LogP contribution in [-0.4, -0.2) is 32.3 Å². The van der Waals surface area contributed by atoms with Crippen molar-refractivity contribution in [2.45, 2.75) is 32.2 Å². The standard InChI is InChI=1S/C16H17N3O3/c1-10-3-5-12(6-4-10)19-11(2)9-13(18-19)14(20)17-16(7-8-16)15(21)22/h3-6,9H,7-8H2,1-2H3,(H,17,20)(H,21,22). The summed E-state index contributed by atoms with van der Waals surface area (Å²) in [5, 5.41) is 16.0. The molecule has 0 radical (unpaired) electrons. The monoisotopic (exact) mass is 299 g/mol. The van der Waals surface area contributed by atoms with Gasteiger partial charge in [0.05, 0.1) is 5.69 Å². The molecule has 1 heterocycles. The van der Waals surface area contributed by atoms with Crippen molar-refractivity contribution in [3.8, 4) is 5.69 Å². The second-order valence-electron chi connectivity index (χ2n) is 5.76. The first-order chi connectivity index (χ1) is 10.4. The Morgan fingerprint density at radius 2 is 1.86 bits per heavy atom. The summed E-state index contributed by atoms with van der Waals surface area (Å²) in [7, 11) is 0. The van der Waals surface area contributed by atoms with Gasteiger partial charge in [0.1, 0.15) is 5.54 Å². The van der Waals surface area contributed by atoms with E-state index >= 15 is 0 Å². The van der Waals surface area contributed by atoms with Gasteiger partial charge in [-0.2, -0.15) is 5.10 Å². The molecule has 22 heavy (non-hydrogen) atoms. The Labute approximate surface area is 127 Å². The highest BCUT2D eigenvalue weighted by Crippen LogP contribution is 2.35. The van der Waals surface area contributed by atoms with E-state index < -0.39 is 17.4 Å². The Morgan fingerprint density at radius 1 is 1.23 bits per heavy atom. The van der Waals surface area contributed by atoms with E-state index in [9.17, 15) is 9.59 Å². The zero-order valence-electron chi connectivity index (χ0n) is 12.5. The fraction of sp³-hybridized carbons (Fsp3) is 0.312. The summed E-state index contributed by atoms with van der Waals surface area (Å²) in [5.74, 6) is -1.44. The van der Waals surface area contributed by atoms with Gasteiger partial charge in [0.2, 0.25) is 0 Å². The molecule has 2 aromatic rings. The maximum absolute atomic E-state index is 12.2. The van der Waals surface area contributed by atoms with Crippen molar-refractivity contribution in [2.24, 2.45) is 0 Å². The van der Waals surface area contributed by atoms with Gasteiger partial charge >= 0.3 is 5.97 Å². The number of carboxylic acids is 1. The largest absolute Gasteiger partial charge is 0.480 e. The topological polar surface area (TPSA) is 84.2 Å². The van der Waals surface area contributed by atoms with Crippen molar-refractivity contribution in [1.29, 1.82) is 0 Å². The zero-order valence-corrected chi connectivity index (χ0v) is 12.5. The van der Waals surface area contributed by atoms with Crippen LogP contribution in [0.4, 0.5) is 0 Å². The van der Waals surface area contributed by atoms with Gasteiger partial charge in [0.25, 0.3) is 5.91 Å². The van der Waals surface area contributed by atoms with Crippen LogP contribution in [0.15, 0.2) is 30.3 Å². The Balaban J connectivity index is 1.84. The van der Waals surface area contributed by atoms with Crippen molar-refractivity contribution in [3.05, 3.63) is 47.3 Å². The van der Waals surface area contributed by atoms with E-state index in [4.69, 9.17) is 5.11 Å². The molecule has 1 aliphatic carbocycles. The van der Waals surface area contributed by atoms with E-state index in [2.05, 4.69) is 10.4 Å². The van der Waals surface area contributed by atoms with Crippen LogP contribution in [0.2, 0.25) is 0 Å². The Kier molecular flexibility index (Phi) is 3.24. The SMILES string of the molecule is Cc1ccc(-n2nc(C(=O)NC3(C(=O)O)CC3)cc2C)cc1. The molecule has 6 nitrogen and oxygen atoms in total. The van der Waals surface area contributed by atoms with Crippen molar-refractivity contribution in [2.75, 3.05) is 0 Å². The number of carbonyl (C=O) groups excluding carboxylic acids is 1. The highest BCUT2D eigenvalue weighted by atomic mass is 16.4. The normalized spacial score (nSPS) is 15.4. The fourth-order valence-electron chi connectivity index (χ4n) is 2.33. The first kappa shape index (κ1) is 14.3. The third-order valence-corrected chi connectivity index (χ3v) is 3.91. The minimum Gasteiger partial charge on any atom is -0.480 e. The number of aryl methyl sites for hydroxylation is 2. The molecule has 114 valence electrons. The van der Waals surface area contributed by atoms with E-state index in [1.807, 2.05) is 38.1 Å². The smallest absolute Gasteiger partial charge is 0.329 e. The second-order valence-corrected chi connectivity index (χ2v) is 5.76. The minimum absolute atomic E-state index is 0.227. The highest BCUT2D eigenvalue weighted by molar-refractivity contribution is 5.97. The lowest BCUT2D eigenvalue weighted by Crippen LogP contribution is -2.43. The number of rotatable bonds is 4. The maximum atomic E-state index is 12.2. The van der Waals surface area contributed by atoms with E-state index in [0.717, 1.165) is 16.9 Å². The molecule has 0 atom stereocenters. The van der Waals surface area contributed by atoms with Crippen LogP contribution in [0.5, 0.6) is 0 Å². The van der Waals surface area contributed by atoms with Crippen molar-refractivity contribution >= 4 is 11.9 Å². The number of carboxylic acid groups (broad SMARTS) is 1. The van der Waals surface area contributed by atoms with Crippen LogP contribution in [0.25, 0.3) is 5.69 Å². The van der Waals surface area contributed by atoms with Crippen LogP contribution < -0.4 is 5.32 Å². The number of nitrogens with zero attached hydrogens (tertiary/aromatic N) is 2. The van der Waals surface area contributed by atoms with Gasteiger partial charge in [0, 0.05) is 5.69 Å². The van der Waals surface area contributed by atoms with Gasteiger partial charge < -0.3 is 10.4 Å². The van der Waals surface area contributed by atoms with Crippen molar-refractivity contribution in [1.82, 2.24) is 15.1 Å². The maximum Gasteiger partial charge on any atom is 0.329 e. The number of hydrogen-bond acceptors (Lipinski definition) is 3. The highest BCUT2D eigenvalue weighted by Gasteiger charge is 2.51. The van der Waals surface area contributed by atoms with Gasteiger partial charge in [-0.05, 0) is 44.9 Å². The summed E-state index contributed by atoms with van der Waals surface area (Å²) in [4.78, 5) is 23.3. The molecule has 1 saturated carbocycles. The quantitative estimate of drug-likeness (QED) is 0.902. The number of amides is 1. The molecule has 1 amide bonds. The Hall–Kier alpha value is -2.63. The van der Waals surface area contributed by atoms with E-state index in [0.29, 0.717) is 12.8 Å². The molecule has 0 unspecified atom stereocenters. The van der Waals surface area contributed by atoms with Crippen molar-refractivity contribution in [3.63, 3.8) is 0 Å². The molecule has 1 fully saturated rings. The molecule has 1 aliphatic rings. The van der Waals surface area contributed by atoms with Gasteiger partial charge in [-0.15, -0.1) is 0 Å². The molecule has 1 aromatic carbocycles. The number of nitrogens with one attached hydrogen (secondary N) is 1. The summed E-state index contributed by atoms with van der Waals surface area (Å²) >= 11 is 0. The van der Waals surface area contributed by atoms with Gasteiger partial charge in [-0.1, -0.05) is 17.7 Å². The summed E-state index contributed by atoms with van der Waals surface area (Å²) < 4.78 is 1.68. The lowest BCUT2D eigenvalue weighted by Gasteiger charge is -2.10. The number of hydrogen-bond donors (Lipinski definition) is 2. The molecule has 0 saturated heterocycles. The Morgan fingerprint density at radius 3 is 2.41 bits per heavy atom. The lowest BCUT2D eigenvalue weighted by atomic mass is 10.2. The first-order valence-corrected chi connectivity index (χ1v) is 7.11.